The van der Waals surface area contributed by atoms with Crippen LogP contribution in [-0.2, 0) is 13.0 Å². The highest BCUT2D eigenvalue weighted by atomic mass is 35.5. The number of amidine groups is 1. The van der Waals surface area contributed by atoms with E-state index in [0.717, 1.165) is 49.9 Å². The van der Waals surface area contributed by atoms with Gasteiger partial charge in [-0.1, -0.05) is 23.7 Å². The summed E-state index contributed by atoms with van der Waals surface area (Å²) in [5.41, 5.74) is 15.3. The van der Waals surface area contributed by atoms with E-state index >= 15 is 4.39 Å². The highest BCUT2D eigenvalue weighted by molar-refractivity contribution is 6.31. The Morgan fingerprint density at radius 1 is 1.21 bits per heavy atom. The average molecular weight is 667 g/mol. The molecule has 2 atom stereocenters. The summed E-state index contributed by atoms with van der Waals surface area (Å²) in [6.07, 6.45) is 4.81. The number of rotatable bonds is 14. The molecule has 1 fully saturated rings. The topological polar surface area (TPSA) is 130 Å². The number of nitrogens with two attached hydrogens (primary N) is 2. The van der Waals surface area contributed by atoms with E-state index in [4.69, 9.17) is 23.1 Å². The van der Waals surface area contributed by atoms with Crippen molar-refractivity contribution in [3.05, 3.63) is 94.3 Å². The predicted octanol–water partition coefficient (Wildman–Crippen LogP) is 5.53. The lowest BCUT2D eigenvalue weighted by Crippen LogP contribution is -2.32. The summed E-state index contributed by atoms with van der Waals surface area (Å²) >= 11 is 6.24. The lowest BCUT2D eigenvalue weighted by Gasteiger charge is -2.13. The number of nitrogens with zero attached hydrogens (tertiary/aromatic N) is 4. The van der Waals surface area contributed by atoms with Crippen molar-refractivity contribution in [1.29, 1.82) is 0 Å². The van der Waals surface area contributed by atoms with Crippen LogP contribution in [0.3, 0.4) is 0 Å². The molecular weight excluding hydrogens is 622 g/mol. The van der Waals surface area contributed by atoms with E-state index in [9.17, 15) is 9.18 Å². The van der Waals surface area contributed by atoms with Crippen molar-refractivity contribution in [2.24, 2.45) is 16.5 Å². The maximum atomic E-state index is 15.1. The molecule has 4 aromatic rings. The van der Waals surface area contributed by atoms with Crippen LogP contribution in [0.2, 0.25) is 5.02 Å². The predicted molar refractivity (Wildman–Crippen MR) is 189 cm³/mol. The van der Waals surface area contributed by atoms with Gasteiger partial charge in [0.2, 0.25) is 0 Å². The smallest absolute Gasteiger partial charge is 0.354 e. The molecule has 2 aromatic heterocycles. The van der Waals surface area contributed by atoms with E-state index in [1.165, 1.54) is 4.57 Å². The van der Waals surface area contributed by atoms with Gasteiger partial charge in [0.15, 0.2) is 5.82 Å². The van der Waals surface area contributed by atoms with Crippen LogP contribution in [0.15, 0.2) is 71.6 Å². The van der Waals surface area contributed by atoms with Gasteiger partial charge in [-0.15, -0.1) is 13.2 Å². The van der Waals surface area contributed by atoms with Gasteiger partial charge < -0.3 is 21.8 Å². The number of likely N-dealkylation sites (tertiary alicyclic amines) is 1. The molecule has 252 valence electrons. The summed E-state index contributed by atoms with van der Waals surface area (Å²) < 4.78 is 29.9. The van der Waals surface area contributed by atoms with Crippen molar-refractivity contribution in [1.82, 2.24) is 24.8 Å². The highest BCUT2D eigenvalue weighted by Gasteiger charge is 2.22. The number of benzene rings is 2. The molecule has 0 radical (unpaired) electrons. The zero-order chi connectivity index (χ0) is 33.9. The van der Waals surface area contributed by atoms with E-state index in [0.29, 0.717) is 66.4 Å². The Morgan fingerprint density at radius 2 is 1.98 bits per heavy atom. The van der Waals surface area contributed by atoms with Crippen LogP contribution >= 0.6 is 11.6 Å². The number of halogens is 3. The zero-order valence-electron chi connectivity index (χ0n) is 27.0. The molecule has 3 heterocycles. The SMILES string of the molecule is C=C.CC(N)CCCc1cc(Cl)c(F)c(-c2cc3cn(-c4ccc(CNCCCN=C(N)CN5CCC(F)C5)cc4)c(=O)nc3[nH]2)c1. The molecule has 0 bridgehead atoms. The van der Waals surface area contributed by atoms with Crippen molar-refractivity contribution < 1.29 is 8.78 Å². The fraction of sp³-hybridized carbons (Fsp3) is 0.400. The fourth-order valence-corrected chi connectivity index (χ4v) is 5.82. The summed E-state index contributed by atoms with van der Waals surface area (Å²) in [4.78, 5) is 26.6. The summed E-state index contributed by atoms with van der Waals surface area (Å²) in [7, 11) is 0. The Bertz CT molecular complexity index is 1700. The number of H-pyrrole nitrogens is 1. The van der Waals surface area contributed by atoms with Crippen LogP contribution < -0.4 is 22.5 Å². The Balaban J connectivity index is 0.00000245. The molecule has 1 aliphatic heterocycles. The Hall–Kier alpha value is -3.90. The molecule has 0 aliphatic carbocycles. The molecule has 5 rings (SSSR count). The summed E-state index contributed by atoms with van der Waals surface area (Å²) in [5.74, 6) is 0.0263. The molecule has 0 saturated carbocycles. The number of alkyl halides is 1. The standard InChI is InChI=1S/C33H41ClF2N8O.C2H4/c1-21(37)4-2-5-23-14-27(31(36)28(34)15-23)29-16-24-18-44(33(45)42-32(24)41-29)26-8-6-22(7-9-26)17-39-11-3-12-40-30(38)20-43-13-10-25(35)19-43;1-2/h6-9,14-16,18,21,25,39H,2-5,10-13,17,19-20,37H2,1H3,(H2,38,40)(H,41,42,45);1-2H2. The molecule has 0 spiro atoms. The first-order valence-corrected chi connectivity index (χ1v) is 16.4. The molecule has 2 unspecified atom stereocenters. The van der Waals surface area contributed by atoms with E-state index in [-0.39, 0.29) is 11.1 Å². The number of hydrogen-bond donors (Lipinski definition) is 4. The highest BCUT2D eigenvalue weighted by Crippen LogP contribution is 2.31. The molecule has 6 N–H and O–H groups in total. The fourth-order valence-electron chi connectivity index (χ4n) is 5.58. The quantitative estimate of drug-likeness (QED) is 0.0607. The van der Waals surface area contributed by atoms with Gasteiger partial charge in [-0.2, -0.15) is 4.98 Å². The van der Waals surface area contributed by atoms with Gasteiger partial charge in [0.25, 0.3) is 0 Å². The molecule has 9 nitrogen and oxygen atoms in total. The number of hydrogen-bond acceptors (Lipinski definition) is 6. The zero-order valence-corrected chi connectivity index (χ0v) is 27.7. The average Bonchev–Trinajstić information content (AvgIpc) is 3.66. The minimum absolute atomic E-state index is 0.0497. The third kappa shape index (κ3) is 10.0. The number of aliphatic imine (C=N–C) groups is 1. The second-order valence-corrected chi connectivity index (χ2v) is 12.3. The second-order valence-electron chi connectivity index (χ2n) is 11.9. The lowest BCUT2D eigenvalue weighted by molar-refractivity contribution is 0.310. The van der Waals surface area contributed by atoms with Gasteiger partial charge in [-0.05, 0) is 87.0 Å². The van der Waals surface area contributed by atoms with Gasteiger partial charge in [0.05, 0.1) is 22.9 Å². The molecule has 1 saturated heterocycles. The van der Waals surface area contributed by atoms with Gasteiger partial charge in [0, 0.05) is 49.4 Å². The third-order valence-corrected chi connectivity index (χ3v) is 8.26. The molecule has 0 amide bonds. The first-order valence-electron chi connectivity index (χ1n) is 16.0. The molecular formula is C35H45ClF2N8O. The van der Waals surface area contributed by atoms with Crippen LogP contribution in [0, 0.1) is 5.82 Å². The van der Waals surface area contributed by atoms with Crippen LogP contribution in [0.4, 0.5) is 8.78 Å². The van der Waals surface area contributed by atoms with Crippen molar-refractivity contribution in [3.63, 3.8) is 0 Å². The molecule has 12 heteroatoms. The largest absolute Gasteiger partial charge is 0.386 e. The molecule has 2 aromatic carbocycles. The maximum absolute atomic E-state index is 15.1. The minimum atomic E-state index is -0.757. The van der Waals surface area contributed by atoms with Crippen LogP contribution in [0.1, 0.15) is 43.7 Å². The Kier molecular flexibility index (Phi) is 13.2. The Labute approximate surface area is 279 Å². The van der Waals surface area contributed by atoms with Crippen molar-refractivity contribution in [2.45, 2.75) is 57.8 Å². The third-order valence-electron chi connectivity index (χ3n) is 7.98. The number of aromatic nitrogens is 3. The summed E-state index contributed by atoms with van der Waals surface area (Å²) in [5, 5.41) is 4.11. The minimum Gasteiger partial charge on any atom is -0.386 e. The van der Waals surface area contributed by atoms with Crippen molar-refractivity contribution in [3.8, 4) is 16.9 Å². The monoisotopic (exact) mass is 666 g/mol. The summed E-state index contributed by atoms with van der Waals surface area (Å²) in [6, 6.07) is 13.0. The van der Waals surface area contributed by atoms with E-state index < -0.39 is 17.7 Å². The van der Waals surface area contributed by atoms with E-state index in [1.54, 1.807) is 24.4 Å². The van der Waals surface area contributed by atoms with Gasteiger partial charge >= 0.3 is 5.69 Å². The first kappa shape index (κ1) is 35.9. The maximum Gasteiger partial charge on any atom is 0.354 e. The number of aromatic amines is 1. The van der Waals surface area contributed by atoms with Crippen molar-refractivity contribution >= 4 is 28.5 Å². The number of aryl methyl sites for hydroxylation is 1. The second kappa shape index (κ2) is 17.3. The van der Waals surface area contributed by atoms with Crippen LogP contribution in [-0.4, -0.2) is 70.2 Å². The Morgan fingerprint density at radius 3 is 2.68 bits per heavy atom. The summed E-state index contributed by atoms with van der Waals surface area (Å²) in [6.45, 7) is 11.7. The van der Waals surface area contributed by atoms with E-state index in [1.807, 2.05) is 36.1 Å². The molecule has 1 aliphatic rings. The van der Waals surface area contributed by atoms with Gasteiger partial charge in [-0.25, -0.2) is 13.6 Å². The van der Waals surface area contributed by atoms with Gasteiger partial charge in [-0.3, -0.25) is 14.5 Å². The molecule has 47 heavy (non-hydrogen) atoms. The van der Waals surface area contributed by atoms with Crippen LogP contribution in [0.5, 0.6) is 0 Å². The normalized spacial score (nSPS) is 15.9. The van der Waals surface area contributed by atoms with E-state index in [2.05, 4.69) is 33.4 Å². The first-order chi connectivity index (χ1) is 22.7. The van der Waals surface area contributed by atoms with Crippen molar-refractivity contribution in [2.75, 3.05) is 32.7 Å². The number of fused-ring (bicyclic) bond motifs is 1. The lowest BCUT2D eigenvalue weighted by atomic mass is 10.0. The van der Waals surface area contributed by atoms with Crippen LogP contribution in [0.25, 0.3) is 28.0 Å². The van der Waals surface area contributed by atoms with Gasteiger partial charge in [0.1, 0.15) is 17.7 Å². The number of nitrogens with one attached hydrogen (secondary N) is 2.